The molecule has 16 heavy (non-hydrogen) atoms. The molecule has 0 spiro atoms. The molecule has 0 aromatic rings. The van der Waals surface area contributed by atoms with E-state index in [1.54, 1.807) is 16.7 Å². The van der Waals surface area contributed by atoms with Crippen molar-refractivity contribution in [3.8, 4) is 0 Å². The Bertz CT molecular complexity index is 292. The molecular weight excluding hydrogens is 228 g/mol. The van der Waals surface area contributed by atoms with E-state index in [9.17, 15) is 9.59 Å². The van der Waals surface area contributed by atoms with Crippen molar-refractivity contribution in [3.63, 3.8) is 0 Å². The highest BCUT2D eigenvalue weighted by atomic mass is 32.2. The molecule has 1 amide bonds. The number of nitrogens with one attached hydrogen (secondary N) is 1. The second-order valence-electron chi connectivity index (χ2n) is 3.98. The summed E-state index contributed by atoms with van der Waals surface area (Å²) in [6.07, 6.45) is 1.60. The predicted octanol–water partition coefficient (Wildman–Crippen LogP) is -0.187. The van der Waals surface area contributed by atoms with Gasteiger partial charge in [0.15, 0.2) is 0 Å². The second kappa shape index (κ2) is 5.05. The zero-order chi connectivity index (χ0) is 11.5. The average molecular weight is 244 g/mol. The first kappa shape index (κ1) is 11.7. The van der Waals surface area contributed by atoms with Gasteiger partial charge >= 0.3 is 5.97 Å². The van der Waals surface area contributed by atoms with Gasteiger partial charge in [-0.15, -0.1) is 11.8 Å². The summed E-state index contributed by atoms with van der Waals surface area (Å²) in [6, 6.07) is -0.500. The van der Waals surface area contributed by atoms with Gasteiger partial charge in [0.1, 0.15) is 6.04 Å². The first-order valence-electron chi connectivity index (χ1n) is 5.43. The lowest BCUT2D eigenvalue weighted by molar-refractivity contribution is -0.151. The van der Waals surface area contributed by atoms with Crippen molar-refractivity contribution >= 4 is 23.6 Å². The number of carbonyl (C=O) groups excluding carboxylic acids is 2. The maximum Gasteiger partial charge on any atom is 0.328 e. The summed E-state index contributed by atoms with van der Waals surface area (Å²) in [4.78, 5) is 25.3. The van der Waals surface area contributed by atoms with E-state index in [0.717, 1.165) is 24.5 Å². The molecule has 0 saturated carbocycles. The molecule has 2 unspecified atom stereocenters. The van der Waals surface area contributed by atoms with Crippen LogP contribution in [0.5, 0.6) is 0 Å². The van der Waals surface area contributed by atoms with E-state index in [4.69, 9.17) is 4.74 Å². The normalized spacial score (nSPS) is 29.4. The number of amides is 1. The first-order valence-corrected chi connectivity index (χ1v) is 6.59. The van der Waals surface area contributed by atoms with E-state index in [2.05, 4.69) is 5.32 Å². The summed E-state index contributed by atoms with van der Waals surface area (Å²) < 4.78 is 4.72. The fourth-order valence-corrected chi connectivity index (χ4v) is 3.10. The highest BCUT2D eigenvalue weighted by Gasteiger charge is 2.38. The van der Waals surface area contributed by atoms with Crippen molar-refractivity contribution in [2.75, 3.05) is 25.3 Å². The van der Waals surface area contributed by atoms with Crippen molar-refractivity contribution in [1.29, 1.82) is 0 Å². The number of rotatable bonds is 2. The molecule has 2 aliphatic rings. The van der Waals surface area contributed by atoms with Crippen LogP contribution in [0.1, 0.15) is 12.8 Å². The summed E-state index contributed by atoms with van der Waals surface area (Å²) in [6.45, 7) is 0.668. The van der Waals surface area contributed by atoms with Crippen LogP contribution in [-0.4, -0.2) is 54.1 Å². The molecule has 6 heteroatoms. The SMILES string of the molecule is COC(=O)C1CCCN1C(=O)C1CSCN1. The van der Waals surface area contributed by atoms with Crippen LogP contribution in [0.4, 0.5) is 0 Å². The van der Waals surface area contributed by atoms with E-state index < -0.39 is 0 Å². The Morgan fingerprint density at radius 3 is 2.94 bits per heavy atom. The van der Waals surface area contributed by atoms with Crippen LogP contribution in [0.15, 0.2) is 0 Å². The molecule has 2 atom stereocenters. The number of esters is 1. The van der Waals surface area contributed by atoms with E-state index >= 15 is 0 Å². The largest absolute Gasteiger partial charge is 0.467 e. The second-order valence-corrected chi connectivity index (χ2v) is 5.01. The van der Waals surface area contributed by atoms with Crippen LogP contribution in [0, 0.1) is 0 Å². The molecule has 0 bridgehead atoms. The van der Waals surface area contributed by atoms with Crippen molar-refractivity contribution in [1.82, 2.24) is 10.2 Å². The van der Waals surface area contributed by atoms with Gasteiger partial charge in [-0.2, -0.15) is 0 Å². The summed E-state index contributed by atoms with van der Waals surface area (Å²) in [5.74, 6) is 1.35. The van der Waals surface area contributed by atoms with E-state index in [0.29, 0.717) is 6.54 Å². The van der Waals surface area contributed by atoms with Gasteiger partial charge in [-0.3, -0.25) is 10.1 Å². The van der Waals surface area contributed by atoms with Gasteiger partial charge in [0, 0.05) is 18.2 Å². The molecule has 2 aliphatic heterocycles. The number of likely N-dealkylation sites (tertiary alicyclic amines) is 1. The van der Waals surface area contributed by atoms with E-state index in [1.165, 1.54) is 7.11 Å². The van der Waals surface area contributed by atoms with Gasteiger partial charge in [-0.25, -0.2) is 4.79 Å². The number of methoxy groups -OCH3 is 1. The van der Waals surface area contributed by atoms with Gasteiger partial charge in [-0.05, 0) is 12.8 Å². The molecule has 0 radical (unpaired) electrons. The lowest BCUT2D eigenvalue weighted by Gasteiger charge is -2.25. The number of carbonyl (C=O) groups is 2. The highest BCUT2D eigenvalue weighted by Crippen LogP contribution is 2.21. The van der Waals surface area contributed by atoms with Crippen molar-refractivity contribution < 1.29 is 14.3 Å². The summed E-state index contributed by atoms with van der Waals surface area (Å²) in [7, 11) is 1.37. The zero-order valence-corrected chi connectivity index (χ0v) is 10.1. The number of hydrogen-bond donors (Lipinski definition) is 1. The quantitative estimate of drug-likeness (QED) is 0.682. The third-order valence-electron chi connectivity index (χ3n) is 3.02. The minimum Gasteiger partial charge on any atom is -0.467 e. The fraction of sp³-hybridized carbons (Fsp3) is 0.800. The summed E-state index contributed by atoms with van der Waals surface area (Å²) in [5, 5.41) is 3.13. The van der Waals surface area contributed by atoms with Crippen molar-refractivity contribution in [2.24, 2.45) is 0 Å². The monoisotopic (exact) mass is 244 g/mol. The van der Waals surface area contributed by atoms with Gasteiger partial charge in [0.2, 0.25) is 5.91 Å². The van der Waals surface area contributed by atoms with Crippen molar-refractivity contribution in [2.45, 2.75) is 24.9 Å². The fourth-order valence-electron chi connectivity index (χ4n) is 2.17. The van der Waals surface area contributed by atoms with Crippen LogP contribution in [0.3, 0.4) is 0 Å². The Hall–Kier alpha value is -0.750. The topological polar surface area (TPSA) is 58.6 Å². The number of thioether (sulfide) groups is 1. The number of nitrogens with zero attached hydrogens (tertiary/aromatic N) is 1. The van der Waals surface area contributed by atoms with Crippen LogP contribution in [0.25, 0.3) is 0 Å². The van der Waals surface area contributed by atoms with Gasteiger partial charge < -0.3 is 9.64 Å². The van der Waals surface area contributed by atoms with Crippen LogP contribution in [0.2, 0.25) is 0 Å². The predicted molar refractivity (Wildman–Crippen MR) is 61.0 cm³/mol. The Labute approximate surface area is 98.9 Å². The van der Waals surface area contributed by atoms with E-state index in [-0.39, 0.29) is 24.0 Å². The Morgan fingerprint density at radius 2 is 2.31 bits per heavy atom. The van der Waals surface area contributed by atoms with Crippen LogP contribution < -0.4 is 5.32 Å². The third-order valence-corrected chi connectivity index (χ3v) is 3.96. The molecule has 0 aromatic heterocycles. The maximum atomic E-state index is 12.1. The van der Waals surface area contributed by atoms with Gasteiger partial charge in [-0.1, -0.05) is 0 Å². The summed E-state index contributed by atoms with van der Waals surface area (Å²) in [5.41, 5.74) is 0. The van der Waals surface area contributed by atoms with Crippen LogP contribution >= 0.6 is 11.8 Å². The van der Waals surface area contributed by atoms with Gasteiger partial charge in [0.05, 0.1) is 13.2 Å². The minimum atomic E-state index is -0.370. The Morgan fingerprint density at radius 1 is 1.50 bits per heavy atom. The van der Waals surface area contributed by atoms with Crippen LogP contribution in [-0.2, 0) is 14.3 Å². The first-order chi connectivity index (χ1) is 7.74. The molecule has 2 rings (SSSR count). The number of ether oxygens (including phenoxy) is 1. The lowest BCUT2D eigenvalue weighted by Crippen LogP contribution is -2.49. The molecule has 2 heterocycles. The Balaban J connectivity index is 2.01. The van der Waals surface area contributed by atoms with E-state index in [1.807, 2.05) is 0 Å². The van der Waals surface area contributed by atoms with Gasteiger partial charge in [0.25, 0.3) is 0 Å². The minimum absolute atomic E-state index is 0.0397. The maximum absolute atomic E-state index is 12.1. The highest BCUT2D eigenvalue weighted by molar-refractivity contribution is 7.99. The molecule has 0 aromatic carbocycles. The molecule has 0 aliphatic carbocycles. The molecule has 1 N–H and O–H groups in total. The molecule has 90 valence electrons. The lowest BCUT2D eigenvalue weighted by atomic mass is 10.2. The standard InChI is InChI=1S/C10H16N2O3S/c1-15-10(14)8-3-2-4-12(8)9(13)7-5-16-6-11-7/h7-8,11H,2-6H2,1H3. The molecule has 2 fully saturated rings. The molecule has 2 saturated heterocycles. The smallest absolute Gasteiger partial charge is 0.328 e. The molecular formula is C10H16N2O3S. The third kappa shape index (κ3) is 2.17. The number of hydrogen-bond acceptors (Lipinski definition) is 5. The van der Waals surface area contributed by atoms with Crippen molar-refractivity contribution in [3.05, 3.63) is 0 Å². The zero-order valence-electron chi connectivity index (χ0n) is 9.27. The Kier molecular flexibility index (Phi) is 3.70. The molecule has 5 nitrogen and oxygen atoms in total. The average Bonchev–Trinajstić information content (AvgIpc) is 2.97. The summed E-state index contributed by atoms with van der Waals surface area (Å²) >= 11 is 1.71.